The summed E-state index contributed by atoms with van der Waals surface area (Å²) < 4.78 is 18.8. The van der Waals surface area contributed by atoms with Crippen LogP contribution in [-0.2, 0) is 16.1 Å². The standard InChI is InChI=1S/C26H28FN3O3/c1-17(2)24(29-26(32)33-16-18-6-4-3-5-7-18)25(31)30-12-10-19(11-13-30)22-15-28-23-14-20(27)8-9-21(22)23/h3-10,14-15,17,24,28H,11-13,16H2,1-2H3,(H,29,32)/t24-/m0/s1. The molecular weight excluding hydrogens is 421 g/mol. The van der Waals surface area contributed by atoms with Crippen molar-refractivity contribution in [2.75, 3.05) is 13.1 Å². The van der Waals surface area contributed by atoms with Crippen molar-refractivity contribution in [1.29, 1.82) is 0 Å². The minimum absolute atomic E-state index is 0.0873. The molecule has 0 aliphatic carbocycles. The van der Waals surface area contributed by atoms with Gasteiger partial charge in [-0.25, -0.2) is 9.18 Å². The van der Waals surface area contributed by atoms with E-state index in [1.807, 2.05) is 56.5 Å². The number of ether oxygens (including phenoxy) is 1. The highest BCUT2D eigenvalue weighted by atomic mass is 19.1. The number of halogens is 1. The van der Waals surface area contributed by atoms with Crippen molar-refractivity contribution >= 4 is 28.5 Å². The van der Waals surface area contributed by atoms with Crippen LogP contribution in [-0.4, -0.2) is 41.0 Å². The fraction of sp³-hybridized carbons (Fsp3) is 0.308. The van der Waals surface area contributed by atoms with Crippen LogP contribution in [0.3, 0.4) is 0 Å². The van der Waals surface area contributed by atoms with Gasteiger partial charge in [0.25, 0.3) is 0 Å². The van der Waals surface area contributed by atoms with Gasteiger partial charge >= 0.3 is 6.09 Å². The predicted octanol–water partition coefficient (Wildman–Crippen LogP) is 4.87. The van der Waals surface area contributed by atoms with Gasteiger partial charge in [0.05, 0.1) is 0 Å². The molecule has 7 heteroatoms. The maximum Gasteiger partial charge on any atom is 0.408 e. The number of aromatic amines is 1. The van der Waals surface area contributed by atoms with Crippen molar-refractivity contribution < 1.29 is 18.7 Å². The van der Waals surface area contributed by atoms with E-state index in [1.54, 1.807) is 11.0 Å². The average Bonchev–Trinajstić information content (AvgIpc) is 3.24. The lowest BCUT2D eigenvalue weighted by Crippen LogP contribution is -2.52. The van der Waals surface area contributed by atoms with Crippen molar-refractivity contribution in [1.82, 2.24) is 15.2 Å². The first-order valence-electron chi connectivity index (χ1n) is 11.1. The Kier molecular flexibility index (Phi) is 6.77. The van der Waals surface area contributed by atoms with E-state index < -0.39 is 12.1 Å². The van der Waals surface area contributed by atoms with Gasteiger partial charge in [-0.05, 0) is 41.7 Å². The Balaban J connectivity index is 1.38. The Morgan fingerprint density at radius 3 is 2.67 bits per heavy atom. The Morgan fingerprint density at radius 2 is 1.97 bits per heavy atom. The molecule has 0 bridgehead atoms. The van der Waals surface area contributed by atoms with Gasteiger partial charge in [-0.2, -0.15) is 0 Å². The van der Waals surface area contributed by atoms with Gasteiger partial charge in [0.2, 0.25) is 5.91 Å². The quantitative estimate of drug-likeness (QED) is 0.564. The average molecular weight is 450 g/mol. The molecule has 0 saturated heterocycles. The van der Waals surface area contributed by atoms with E-state index in [4.69, 9.17) is 4.74 Å². The topological polar surface area (TPSA) is 74.4 Å². The van der Waals surface area contributed by atoms with Crippen LogP contribution < -0.4 is 5.32 Å². The third kappa shape index (κ3) is 5.25. The molecule has 1 aliphatic rings. The molecule has 6 nitrogen and oxygen atoms in total. The predicted molar refractivity (Wildman–Crippen MR) is 126 cm³/mol. The van der Waals surface area contributed by atoms with E-state index in [1.165, 1.54) is 12.1 Å². The molecular formula is C26H28FN3O3. The fourth-order valence-corrected chi connectivity index (χ4v) is 4.08. The van der Waals surface area contributed by atoms with Crippen LogP contribution in [0, 0.1) is 11.7 Å². The van der Waals surface area contributed by atoms with Gasteiger partial charge < -0.3 is 19.9 Å². The molecule has 2 amide bonds. The number of hydrogen-bond donors (Lipinski definition) is 2. The third-order valence-electron chi connectivity index (χ3n) is 5.93. The Morgan fingerprint density at radius 1 is 1.18 bits per heavy atom. The normalized spacial score (nSPS) is 14.8. The Bertz CT molecular complexity index is 1170. The maximum absolute atomic E-state index is 13.5. The molecule has 2 aromatic carbocycles. The second-order valence-corrected chi connectivity index (χ2v) is 8.58. The molecule has 1 aliphatic heterocycles. The molecule has 0 unspecified atom stereocenters. The van der Waals surface area contributed by atoms with Crippen molar-refractivity contribution in [3.8, 4) is 0 Å². The van der Waals surface area contributed by atoms with Gasteiger partial charge in [0.15, 0.2) is 0 Å². The van der Waals surface area contributed by atoms with Crippen LogP contribution >= 0.6 is 0 Å². The zero-order chi connectivity index (χ0) is 23.4. The van der Waals surface area contributed by atoms with Crippen LogP contribution in [0.2, 0.25) is 0 Å². The monoisotopic (exact) mass is 449 g/mol. The molecule has 1 atom stereocenters. The molecule has 0 saturated carbocycles. The number of carbonyl (C=O) groups is 2. The highest BCUT2D eigenvalue weighted by Crippen LogP contribution is 2.30. The fourth-order valence-electron chi connectivity index (χ4n) is 4.08. The Hall–Kier alpha value is -3.61. The molecule has 172 valence electrons. The summed E-state index contributed by atoms with van der Waals surface area (Å²) in [6, 6.07) is 13.4. The summed E-state index contributed by atoms with van der Waals surface area (Å²) in [7, 11) is 0. The molecule has 3 aromatic rings. The van der Waals surface area contributed by atoms with E-state index >= 15 is 0 Å². The molecule has 0 fully saturated rings. The minimum Gasteiger partial charge on any atom is -0.445 e. The van der Waals surface area contributed by atoms with Gasteiger partial charge in [-0.1, -0.05) is 50.3 Å². The lowest BCUT2D eigenvalue weighted by molar-refractivity contribution is -0.134. The summed E-state index contributed by atoms with van der Waals surface area (Å²) in [5.74, 6) is -0.492. The number of amides is 2. The summed E-state index contributed by atoms with van der Waals surface area (Å²) in [6.45, 7) is 4.94. The number of benzene rings is 2. The molecule has 1 aromatic heterocycles. The number of alkyl carbamates (subject to hydrolysis) is 1. The highest BCUT2D eigenvalue weighted by molar-refractivity contribution is 5.93. The minimum atomic E-state index is -0.667. The lowest BCUT2D eigenvalue weighted by Gasteiger charge is -2.31. The SMILES string of the molecule is CC(C)[C@H](NC(=O)OCc1ccccc1)C(=O)N1CC=C(c2c[nH]c3cc(F)ccc23)CC1. The second kappa shape index (κ2) is 9.90. The molecule has 4 rings (SSSR count). The van der Waals surface area contributed by atoms with Crippen molar-refractivity contribution in [3.63, 3.8) is 0 Å². The van der Waals surface area contributed by atoms with Gasteiger partial charge in [-0.3, -0.25) is 4.79 Å². The number of H-pyrrole nitrogens is 1. The Labute approximate surface area is 192 Å². The highest BCUT2D eigenvalue weighted by Gasteiger charge is 2.30. The number of fused-ring (bicyclic) bond motifs is 1. The summed E-state index contributed by atoms with van der Waals surface area (Å²) in [5.41, 5.74) is 3.78. The summed E-state index contributed by atoms with van der Waals surface area (Å²) in [5, 5.41) is 3.70. The number of hydrogen-bond acceptors (Lipinski definition) is 3. The van der Waals surface area contributed by atoms with Crippen LogP contribution in [0.1, 0.15) is 31.4 Å². The van der Waals surface area contributed by atoms with E-state index in [0.717, 1.165) is 27.6 Å². The van der Waals surface area contributed by atoms with Crippen molar-refractivity contribution in [2.45, 2.75) is 32.9 Å². The zero-order valence-corrected chi connectivity index (χ0v) is 18.8. The first kappa shape index (κ1) is 22.6. The van der Waals surface area contributed by atoms with E-state index in [-0.39, 0.29) is 24.2 Å². The third-order valence-corrected chi connectivity index (χ3v) is 5.93. The zero-order valence-electron chi connectivity index (χ0n) is 18.8. The van der Waals surface area contributed by atoms with Crippen LogP contribution in [0.25, 0.3) is 16.5 Å². The van der Waals surface area contributed by atoms with Crippen LogP contribution in [0.4, 0.5) is 9.18 Å². The molecule has 33 heavy (non-hydrogen) atoms. The summed E-state index contributed by atoms with van der Waals surface area (Å²) >= 11 is 0. The maximum atomic E-state index is 13.5. The van der Waals surface area contributed by atoms with Crippen molar-refractivity contribution in [2.24, 2.45) is 5.92 Å². The van der Waals surface area contributed by atoms with Gasteiger partial charge in [0, 0.05) is 35.8 Å². The first-order chi connectivity index (χ1) is 15.9. The lowest BCUT2D eigenvalue weighted by atomic mass is 9.97. The van der Waals surface area contributed by atoms with Crippen LogP contribution in [0.15, 0.2) is 60.8 Å². The van der Waals surface area contributed by atoms with E-state index in [0.29, 0.717) is 19.5 Å². The number of rotatable bonds is 6. The number of carbonyl (C=O) groups excluding carboxylic acids is 2. The van der Waals surface area contributed by atoms with Gasteiger partial charge in [0.1, 0.15) is 18.5 Å². The molecule has 0 radical (unpaired) electrons. The summed E-state index contributed by atoms with van der Waals surface area (Å²) in [6.07, 6.45) is 3.98. The number of aromatic nitrogens is 1. The molecule has 2 N–H and O–H groups in total. The van der Waals surface area contributed by atoms with Gasteiger partial charge in [-0.15, -0.1) is 0 Å². The molecule has 2 heterocycles. The van der Waals surface area contributed by atoms with E-state index in [9.17, 15) is 14.0 Å². The van der Waals surface area contributed by atoms with Crippen LogP contribution in [0.5, 0.6) is 0 Å². The second-order valence-electron chi connectivity index (χ2n) is 8.58. The first-order valence-corrected chi connectivity index (χ1v) is 11.1. The largest absolute Gasteiger partial charge is 0.445 e. The smallest absolute Gasteiger partial charge is 0.408 e. The number of nitrogens with one attached hydrogen (secondary N) is 2. The molecule has 0 spiro atoms. The summed E-state index contributed by atoms with van der Waals surface area (Å²) in [4.78, 5) is 30.4. The van der Waals surface area contributed by atoms with Crippen molar-refractivity contribution in [3.05, 3.63) is 77.7 Å². The van der Waals surface area contributed by atoms with E-state index in [2.05, 4.69) is 10.3 Å². The number of nitrogens with zero attached hydrogens (tertiary/aromatic N) is 1.